The van der Waals surface area contributed by atoms with Gasteiger partial charge in [0.2, 0.25) is 5.91 Å². The molecule has 19 heavy (non-hydrogen) atoms. The molecule has 2 heterocycles. The van der Waals surface area contributed by atoms with Crippen LogP contribution in [-0.2, 0) is 4.79 Å². The van der Waals surface area contributed by atoms with E-state index in [1.165, 1.54) is 6.42 Å². The maximum atomic E-state index is 11.8. The number of carbonyl (C=O) groups excluding carboxylic acids is 1. The fourth-order valence-electron chi connectivity index (χ4n) is 2.24. The van der Waals surface area contributed by atoms with Gasteiger partial charge in [-0.25, -0.2) is 4.98 Å². The summed E-state index contributed by atoms with van der Waals surface area (Å²) in [4.78, 5) is 18.0. The van der Waals surface area contributed by atoms with Crippen molar-refractivity contribution in [3.63, 3.8) is 0 Å². The van der Waals surface area contributed by atoms with Crippen LogP contribution < -0.4 is 15.5 Å². The summed E-state index contributed by atoms with van der Waals surface area (Å²) in [6.45, 7) is 2.13. The number of nitrogens with zero attached hydrogens (tertiary/aromatic N) is 2. The molecule has 1 fully saturated rings. The second-order valence-electron chi connectivity index (χ2n) is 5.25. The third-order valence-electron chi connectivity index (χ3n) is 3.43. The van der Waals surface area contributed by atoms with Crippen LogP contribution in [0.2, 0.25) is 0 Å². The molecule has 1 aliphatic heterocycles. The molecule has 2 rings (SSSR count). The highest BCUT2D eigenvalue weighted by atomic mass is 16.1. The number of carbonyl (C=O) groups is 1. The van der Waals surface area contributed by atoms with Crippen LogP contribution >= 0.6 is 0 Å². The van der Waals surface area contributed by atoms with Crippen molar-refractivity contribution >= 4 is 17.4 Å². The fourth-order valence-corrected chi connectivity index (χ4v) is 2.24. The minimum atomic E-state index is 0.0753. The standard InChI is InChI=1S/C14H22N4O/c1-18(2)13-5-4-12(10-16-13)17-14(19)6-3-11-7-8-15-9-11/h4-5,10-11,15H,3,6-9H2,1-2H3,(H,17,19). The van der Waals surface area contributed by atoms with Gasteiger partial charge in [0.25, 0.3) is 0 Å². The Labute approximate surface area is 114 Å². The Morgan fingerprint density at radius 2 is 2.37 bits per heavy atom. The highest BCUT2D eigenvalue weighted by molar-refractivity contribution is 5.90. The number of hydrogen-bond acceptors (Lipinski definition) is 4. The van der Waals surface area contributed by atoms with E-state index in [4.69, 9.17) is 0 Å². The third kappa shape index (κ3) is 4.21. The summed E-state index contributed by atoms with van der Waals surface area (Å²) in [5.74, 6) is 1.61. The summed E-state index contributed by atoms with van der Waals surface area (Å²) >= 11 is 0. The number of aromatic nitrogens is 1. The van der Waals surface area contributed by atoms with Crippen LogP contribution in [0.1, 0.15) is 19.3 Å². The molecule has 1 amide bonds. The van der Waals surface area contributed by atoms with E-state index in [0.717, 1.165) is 31.0 Å². The molecule has 0 saturated carbocycles. The number of rotatable bonds is 5. The predicted molar refractivity (Wildman–Crippen MR) is 77.4 cm³/mol. The summed E-state index contributed by atoms with van der Waals surface area (Å²) in [7, 11) is 3.88. The van der Waals surface area contributed by atoms with Crippen LogP contribution in [0.25, 0.3) is 0 Å². The van der Waals surface area contributed by atoms with Gasteiger partial charge in [0.1, 0.15) is 5.82 Å². The quantitative estimate of drug-likeness (QED) is 0.844. The maximum absolute atomic E-state index is 11.8. The lowest BCUT2D eigenvalue weighted by atomic mass is 10.0. The van der Waals surface area contributed by atoms with Crippen molar-refractivity contribution in [3.8, 4) is 0 Å². The normalized spacial score (nSPS) is 18.3. The smallest absolute Gasteiger partial charge is 0.224 e. The van der Waals surface area contributed by atoms with Crippen molar-refractivity contribution in [2.45, 2.75) is 19.3 Å². The van der Waals surface area contributed by atoms with Crippen molar-refractivity contribution < 1.29 is 4.79 Å². The SMILES string of the molecule is CN(C)c1ccc(NC(=O)CCC2CCNC2)cn1. The topological polar surface area (TPSA) is 57.3 Å². The molecule has 0 aromatic carbocycles. The van der Waals surface area contributed by atoms with Gasteiger partial charge in [0, 0.05) is 20.5 Å². The second-order valence-corrected chi connectivity index (χ2v) is 5.25. The van der Waals surface area contributed by atoms with Gasteiger partial charge in [0.05, 0.1) is 11.9 Å². The van der Waals surface area contributed by atoms with E-state index in [2.05, 4.69) is 15.6 Å². The maximum Gasteiger partial charge on any atom is 0.224 e. The second kappa shape index (κ2) is 6.52. The van der Waals surface area contributed by atoms with E-state index in [1.54, 1.807) is 6.20 Å². The van der Waals surface area contributed by atoms with Crippen LogP contribution in [0.3, 0.4) is 0 Å². The highest BCUT2D eigenvalue weighted by Crippen LogP contribution is 2.16. The van der Waals surface area contributed by atoms with E-state index in [0.29, 0.717) is 12.3 Å². The van der Waals surface area contributed by atoms with E-state index in [1.807, 2.05) is 31.1 Å². The van der Waals surface area contributed by atoms with Crippen LogP contribution in [-0.4, -0.2) is 38.1 Å². The minimum absolute atomic E-state index is 0.0753. The molecule has 1 saturated heterocycles. The van der Waals surface area contributed by atoms with Crippen molar-refractivity contribution in [2.75, 3.05) is 37.4 Å². The number of anilines is 2. The average molecular weight is 262 g/mol. The zero-order chi connectivity index (χ0) is 13.7. The molecule has 0 aliphatic carbocycles. The first-order valence-corrected chi connectivity index (χ1v) is 6.79. The van der Waals surface area contributed by atoms with E-state index in [-0.39, 0.29) is 5.91 Å². The van der Waals surface area contributed by atoms with Gasteiger partial charge in [-0.3, -0.25) is 4.79 Å². The molecule has 1 unspecified atom stereocenters. The van der Waals surface area contributed by atoms with Gasteiger partial charge >= 0.3 is 0 Å². The van der Waals surface area contributed by atoms with E-state index in [9.17, 15) is 4.79 Å². The Morgan fingerprint density at radius 1 is 1.53 bits per heavy atom. The lowest BCUT2D eigenvalue weighted by Crippen LogP contribution is -2.15. The number of nitrogens with one attached hydrogen (secondary N) is 2. The summed E-state index contributed by atoms with van der Waals surface area (Å²) in [6, 6.07) is 3.79. The Balaban J connectivity index is 1.77. The minimum Gasteiger partial charge on any atom is -0.363 e. The first-order valence-electron chi connectivity index (χ1n) is 6.79. The molecule has 0 radical (unpaired) electrons. The monoisotopic (exact) mass is 262 g/mol. The first kappa shape index (κ1) is 13.8. The van der Waals surface area contributed by atoms with Gasteiger partial charge in [-0.15, -0.1) is 0 Å². The fraction of sp³-hybridized carbons (Fsp3) is 0.571. The lowest BCUT2D eigenvalue weighted by Gasteiger charge is -2.12. The highest BCUT2D eigenvalue weighted by Gasteiger charge is 2.15. The molecule has 1 aliphatic rings. The zero-order valence-corrected chi connectivity index (χ0v) is 11.6. The van der Waals surface area contributed by atoms with Crippen LogP contribution in [0.15, 0.2) is 18.3 Å². The van der Waals surface area contributed by atoms with E-state index < -0.39 is 0 Å². The van der Waals surface area contributed by atoms with Crippen LogP contribution in [0, 0.1) is 5.92 Å². The first-order chi connectivity index (χ1) is 9.15. The van der Waals surface area contributed by atoms with E-state index >= 15 is 0 Å². The summed E-state index contributed by atoms with van der Waals surface area (Å²) in [5, 5.41) is 6.21. The molecule has 104 valence electrons. The summed E-state index contributed by atoms with van der Waals surface area (Å²) < 4.78 is 0. The molecule has 0 spiro atoms. The average Bonchev–Trinajstić information content (AvgIpc) is 2.90. The van der Waals surface area contributed by atoms with Gasteiger partial charge in [0.15, 0.2) is 0 Å². The van der Waals surface area contributed by atoms with Crippen molar-refractivity contribution in [1.82, 2.24) is 10.3 Å². The van der Waals surface area contributed by atoms with Gasteiger partial charge in [-0.05, 0) is 44.0 Å². The van der Waals surface area contributed by atoms with Gasteiger partial charge < -0.3 is 15.5 Å². The molecule has 1 atom stereocenters. The predicted octanol–water partition coefficient (Wildman–Crippen LogP) is 1.48. The summed E-state index contributed by atoms with van der Waals surface area (Å²) in [5.41, 5.74) is 0.764. The Bertz CT molecular complexity index is 410. The van der Waals surface area contributed by atoms with Crippen LogP contribution in [0.4, 0.5) is 11.5 Å². The van der Waals surface area contributed by atoms with Crippen LogP contribution in [0.5, 0.6) is 0 Å². The third-order valence-corrected chi connectivity index (χ3v) is 3.43. The van der Waals surface area contributed by atoms with Crippen molar-refractivity contribution in [1.29, 1.82) is 0 Å². The Morgan fingerprint density at radius 3 is 2.95 bits per heavy atom. The van der Waals surface area contributed by atoms with Gasteiger partial charge in [-0.2, -0.15) is 0 Å². The van der Waals surface area contributed by atoms with Crippen molar-refractivity contribution in [3.05, 3.63) is 18.3 Å². The summed E-state index contributed by atoms with van der Waals surface area (Å²) in [6.07, 6.45) is 4.43. The molecule has 5 heteroatoms. The van der Waals surface area contributed by atoms with Gasteiger partial charge in [-0.1, -0.05) is 0 Å². The molecular weight excluding hydrogens is 240 g/mol. The largest absolute Gasteiger partial charge is 0.363 e. The molecule has 0 bridgehead atoms. The molecule has 2 N–H and O–H groups in total. The molecular formula is C14H22N4O. The molecule has 1 aromatic rings. The number of hydrogen-bond donors (Lipinski definition) is 2. The number of pyridine rings is 1. The number of amides is 1. The lowest BCUT2D eigenvalue weighted by molar-refractivity contribution is -0.116. The Kier molecular flexibility index (Phi) is 4.74. The molecule has 1 aromatic heterocycles. The molecule has 5 nitrogen and oxygen atoms in total. The van der Waals surface area contributed by atoms with Crippen molar-refractivity contribution in [2.24, 2.45) is 5.92 Å². The Hall–Kier alpha value is -1.62. The zero-order valence-electron chi connectivity index (χ0n) is 11.6.